The maximum Gasteiger partial charge on any atom is 0.236 e. The van der Waals surface area contributed by atoms with E-state index < -0.39 is 0 Å². The molecule has 0 aliphatic carbocycles. The molecule has 5 nitrogen and oxygen atoms in total. The van der Waals surface area contributed by atoms with Crippen LogP contribution in [0.5, 0.6) is 5.75 Å². The number of hydrogen-bond donors (Lipinski definition) is 2. The van der Waals surface area contributed by atoms with Crippen LogP contribution in [0.4, 0.5) is 0 Å². The van der Waals surface area contributed by atoms with E-state index in [0.29, 0.717) is 13.2 Å². The van der Waals surface area contributed by atoms with Gasteiger partial charge in [0.1, 0.15) is 5.75 Å². The van der Waals surface area contributed by atoms with Gasteiger partial charge in [-0.05, 0) is 19.4 Å². The third-order valence-electron chi connectivity index (χ3n) is 3.37. The summed E-state index contributed by atoms with van der Waals surface area (Å²) in [4.78, 5) is 12.0. The summed E-state index contributed by atoms with van der Waals surface area (Å²) in [6.45, 7) is 4.98. The highest BCUT2D eigenvalue weighted by atomic mass is 16.5. The molecule has 0 radical (unpaired) electrons. The van der Waals surface area contributed by atoms with Crippen LogP contribution in [0.25, 0.3) is 0 Å². The molecule has 0 bridgehead atoms. The lowest BCUT2D eigenvalue weighted by Gasteiger charge is -2.23. The van der Waals surface area contributed by atoms with Crippen LogP contribution < -0.4 is 15.4 Å². The molecule has 0 spiro atoms. The first-order valence-electron chi connectivity index (χ1n) is 7.29. The minimum absolute atomic E-state index is 0.0274. The Balaban J connectivity index is 2.66. The fraction of sp³-hybridized carbons (Fsp3) is 0.562. The number of carbonyl (C=O) groups excluding carboxylic acids is 1. The molecule has 0 aliphatic heterocycles. The Bertz CT molecular complexity index is 437. The highest BCUT2D eigenvalue weighted by Crippen LogP contribution is 2.27. The molecular formula is C16H26N2O3. The van der Waals surface area contributed by atoms with Crippen LogP contribution in [0.15, 0.2) is 24.3 Å². The lowest BCUT2D eigenvalue weighted by atomic mass is 10.0. The monoisotopic (exact) mass is 294 g/mol. The molecule has 2 N–H and O–H groups in total. The van der Waals surface area contributed by atoms with Crippen molar-refractivity contribution in [3.8, 4) is 5.75 Å². The van der Waals surface area contributed by atoms with Crippen LogP contribution in [0.3, 0.4) is 0 Å². The van der Waals surface area contributed by atoms with E-state index in [1.165, 1.54) is 0 Å². The van der Waals surface area contributed by atoms with Crippen molar-refractivity contribution in [3.63, 3.8) is 0 Å². The predicted molar refractivity (Wildman–Crippen MR) is 83.5 cm³/mol. The van der Waals surface area contributed by atoms with Crippen molar-refractivity contribution < 1.29 is 14.3 Å². The molecule has 0 saturated heterocycles. The van der Waals surface area contributed by atoms with Crippen molar-refractivity contribution in [2.45, 2.75) is 32.4 Å². The fourth-order valence-electron chi connectivity index (χ4n) is 2.19. The first-order chi connectivity index (χ1) is 10.1. The summed E-state index contributed by atoms with van der Waals surface area (Å²) in [5.74, 6) is 0.809. The number of para-hydroxylation sites is 1. The maximum atomic E-state index is 12.0. The van der Waals surface area contributed by atoms with Crippen LogP contribution in [0.1, 0.15) is 31.9 Å². The van der Waals surface area contributed by atoms with Crippen molar-refractivity contribution in [2.24, 2.45) is 0 Å². The molecule has 0 fully saturated rings. The Morgan fingerprint density at radius 3 is 2.62 bits per heavy atom. The van der Waals surface area contributed by atoms with E-state index in [2.05, 4.69) is 17.6 Å². The first kappa shape index (κ1) is 17.5. The number of rotatable bonds is 9. The van der Waals surface area contributed by atoms with Crippen LogP contribution in [0, 0.1) is 0 Å². The standard InChI is InChI=1S/C16H26N2O3/c1-5-14(13-8-6-7-9-15(13)21-4)18-12(2)16(19)17-10-11-20-3/h6-9,12,14,18H,5,10-11H2,1-4H3,(H,17,19). The quantitative estimate of drug-likeness (QED) is 0.683. The highest BCUT2D eigenvalue weighted by Gasteiger charge is 2.19. The summed E-state index contributed by atoms with van der Waals surface area (Å²) in [5.41, 5.74) is 1.07. The summed E-state index contributed by atoms with van der Waals surface area (Å²) >= 11 is 0. The largest absolute Gasteiger partial charge is 0.496 e. The van der Waals surface area contributed by atoms with Gasteiger partial charge in [-0.25, -0.2) is 0 Å². The molecule has 1 aromatic carbocycles. The van der Waals surface area contributed by atoms with Crippen molar-refractivity contribution in [1.29, 1.82) is 0 Å². The van der Waals surface area contributed by atoms with E-state index in [1.807, 2.05) is 31.2 Å². The van der Waals surface area contributed by atoms with E-state index in [0.717, 1.165) is 17.7 Å². The van der Waals surface area contributed by atoms with Gasteiger partial charge in [-0.1, -0.05) is 25.1 Å². The van der Waals surface area contributed by atoms with Crippen molar-refractivity contribution in [2.75, 3.05) is 27.4 Å². The highest BCUT2D eigenvalue weighted by molar-refractivity contribution is 5.81. The minimum Gasteiger partial charge on any atom is -0.496 e. The molecule has 118 valence electrons. The number of nitrogens with one attached hydrogen (secondary N) is 2. The van der Waals surface area contributed by atoms with Gasteiger partial charge in [0.25, 0.3) is 0 Å². The molecule has 5 heteroatoms. The number of amides is 1. The molecule has 2 unspecified atom stereocenters. The number of hydrogen-bond acceptors (Lipinski definition) is 4. The minimum atomic E-state index is -0.281. The lowest BCUT2D eigenvalue weighted by Crippen LogP contribution is -2.44. The Morgan fingerprint density at radius 1 is 1.29 bits per heavy atom. The molecule has 1 aromatic rings. The van der Waals surface area contributed by atoms with Gasteiger partial charge in [0.2, 0.25) is 5.91 Å². The molecule has 1 amide bonds. The van der Waals surface area contributed by atoms with Gasteiger partial charge in [0.15, 0.2) is 0 Å². The van der Waals surface area contributed by atoms with Crippen LogP contribution in [-0.2, 0) is 9.53 Å². The predicted octanol–water partition coefficient (Wildman–Crippen LogP) is 1.89. The molecule has 0 saturated carbocycles. The number of benzene rings is 1. The Morgan fingerprint density at radius 2 is 2.00 bits per heavy atom. The zero-order chi connectivity index (χ0) is 15.7. The third-order valence-corrected chi connectivity index (χ3v) is 3.37. The zero-order valence-electron chi connectivity index (χ0n) is 13.3. The molecule has 21 heavy (non-hydrogen) atoms. The lowest BCUT2D eigenvalue weighted by molar-refractivity contribution is -0.123. The molecular weight excluding hydrogens is 268 g/mol. The van der Waals surface area contributed by atoms with Crippen molar-refractivity contribution >= 4 is 5.91 Å². The first-order valence-corrected chi connectivity index (χ1v) is 7.29. The summed E-state index contributed by atoms with van der Waals surface area (Å²) in [6, 6.07) is 7.67. The van der Waals surface area contributed by atoms with E-state index in [-0.39, 0.29) is 18.0 Å². The summed E-state index contributed by atoms with van der Waals surface area (Å²) in [7, 11) is 3.27. The molecule has 0 aliphatic rings. The smallest absolute Gasteiger partial charge is 0.236 e. The average Bonchev–Trinajstić information content (AvgIpc) is 2.52. The van der Waals surface area contributed by atoms with Gasteiger partial charge < -0.3 is 14.8 Å². The maximum absolute atomic E-state index is 12.0. The summed E-state index contributed by atoms with van der Waals surface area (Å²) < 4.78 is 10.3. The van der Waals surface area contributed by atoms with Gasteiger partial charge in [0, 0.05) is 25.3 Å². The number of carbonyl (C=O) groups is 1. The van der Waals surface area contributed by atoms with Gasteiger partial charge in [-0.2, -0.15) is 0 Å². The van der Waals surface area contributed by atoms with E-state index in [4.69, 9.17) is 9.47 Å². The zero-order valence-corrected chi connectivity index (χ0v) is 13.3. The Labute approximate surface area is 127 Å². The van der Waals surface area contributed by atoms with Crippen molar-refractivity contribution in [1.82, 2.24) is 10.6 Å². The molecule has 0 aromatic heterocycles. The second-order valence-electron chi connectivity index (χ2n) is 4.87. The van der Waals surface area contributed by atoms with Gasteiger partial charge in [-0.15, -0.1) is 0 Å². The van der Waals surface area contributed by atoms with E-state index in [9.17, 15) is 4.79 Å². The van der Waals surface area contributed by atoms with E-state index in [1.54, 1.807) is 14.2 Å². The van der Waals surface area contributed by atoms with Crippen LogP contribution >= 0.6 is 0 Å². The topological polar surface area (TPSA) is 59.6 Å². The second kappa shape index (κ2) is 9.37. The molecule has 0 heterocycles. The Hall–Kier alpha value is -1.59. The third kappa shape index (κ3) is 5.36. The van der Waals surface area contributed by atoms with Gasteiger partial charge >= 0.3 is 0 Å². The Kier molecular flexibility index (Phi) is 7.79. The summed E-state index contributed by atoms with van der Waals surface area (Å²) in [6.07, 6.45) is 0.871. The van der Waals surface area contributed by atoms with E-state index >= 15 is 0 Å². The van der Waals surface area contributed by atoms with Crippen LogP contribution in [-0.4, -0.2) is 39.3 Å². The fourth-order valence-corrected chi connectivity index (χ4v) is 2.19. The normalized spacial score (nSPS) is 13.5. The number of methoxy groups -OCH3 is 2. The SMILES string of the molecule is CCC(NC(C)C(=O)NCCOC)c1ccccc1OC. The second-order valence-corrected chi connectivity index (χ2v) is 4.87. The average molecular weight is 294 g/mol. The van der Waals surface area contributed by atoms with Gasteiger partial charge in [0.05, 0.1) is 19.8 Å². The molecule has 2 atom stereocenters. The van der Waals surface area contributed by atoms with Crippen molar-refractivity contribution in [3.05, 3.63) is 29.8 Å². The van der Waals surface area contributed by atoms with Gasteiger partial charge in [-0.3, -0.25) is 10.1 Å². The summed E-state index contributed by atoms with van der Waals surface area (Å²) in [5, 5.41) is 6.19. The number of ether oxygens (including phenoxy) is 2. The molecule has 1 rings (SSSR count). The van der Waals surface area contributed by atoms with Crippen LogP contribution in [0.2, 0.25) is 0 Å².